The van der Waals surface area contributed by atoms with E-state index >= 15 is 0 Å². The van der Waals surface area contributed by atoms with Gasteiger partial charge in [-0.3, -0.25) is 4.79 Å². The summed E-state index contributed by atoms with van der Waals surface area (Å²) in [5, 5.41) is 0. The fourth-order valence-corrected chi connectivity index (χ4v) is 1.83. The lowest BCUT2D eigenvalue weighted by atomic mass is 10.1. The van der Waals surface area contributed by atoms with Gasteiger partial charge in [0.05, 0.1) is 4.83 Å². The van der Waals surface area contributed by atoms with Gasteiger partial charge in [-0.2, -0.15) is 0 Å². The highest BCUT2D eigenvalue weighted by atomic mass is 79.9. The zero-order chi connectivity index (χ0) is 13.9. The molecule has 0 saturated heterocycles. The van der Waals surface area contributed by atoms with Gasteiger partial charge < -0.3 is 4.90 Å². The minimum Gasteiger partial charge on any atom is -0.340 e. The summed E-state index contributed by atoms with van der Waals surface area (Å²) in [6, 6.07) is 3.36. The van der Waals surface area contributed by atoms with E-state index in [1.807, 2.05) is 13.8 Å². The molecule has 0 aromatic heterocycles. The van der Waals surface area contributed by atoms with Gasteiger partial charge in [0.2, 0.25) is 5.91 Å². The van der Waals surface area contributed by atoms with Crippen molar-refractivity contribution >= 4 is 21.8 Å². The van der Waals surface area contributed by atoms with E-state index in [0.29, 0.717) is 5.56 Å². The first-order valence-electron chi connectivity index (χ1n) is 5.66. The molecule has 100 valence electrons. The second-order valence-electron chi connectivity index (χ2n) is 4.58. The summed E-state index contributed by atoms with van der Waals surface area (Å²) >= 11 is 3.31. The zero-order valence-corrected chi connectivity index (χ0v) is 12.2. The van der Waals surface area contributed by atoms with Gasteiger partial charge in [0.1, 0.15) is 11.6 Å². The van der Waals surface area contributed by atoms with Gasteiger partial charge in [0.15, 0.2) is 0 Å². The summed E-state index contributed by atoms with van der Waals surface area (Å²) in [6.07, 6.45) is 0. The van der Waals surface area contributed by atoms with E-state index in [2.05, 4.69) is 15.9 Å². The molecule has 1 aromatic carbocycles. The molecule has 18 heavy (non-hydrogen) atoms. The maximum Gasteiger partial charge on any atom is 0.236 e. The number of rotatable bonds is 4. The molecule has 0 heterocycles. The lowest BCUT2D eigenvalue weighted by Gasteiger charge is -2.22. The molecule has 0 fully saturated rings. The van der Waals surface area contributed by atoms with Crippen LogP contribution in [0.25, 0.3) is 0 Å². The third-order valence-corrected chi connectivity index (χ3v) is 4.07. The standard InChI is InChI=1S/C13H16BrF2NO/c1-8(2)12(14)13(18)17(3)7-9-4-5-10(15)6-11(9)16/h4-6,8,12H,7H2,1-3H3. The van der Waals surface area contributed by atoms with E-state index in [1.165, 1.54) is 17.0 Å². The first kappa shape index (κ1) is 15.1. The van der Waals surface area contributed by atoms with Gasteiger partial charge in [-0.15, -0.1) is 0 Å². The van der Waals surface area contributed by atoms with Crippen LogP contribution in [0.15, 0.2) is 18.2 Å². The van der Waals surface area contributed by atoms with Crippen LogP contribution < -0.4 is 0 Å². The SMILES string of the molecule is CC(C)C(Br)C(=O)N(C)Cc1ccc(F)cc1F. The average Bonchev–Trinajstić information content (AvgIpc) is 2.30. The minimum absolute atomic E-state index is 0.117. The number of halogens is 3. The number of nitrogens with zero attached hydrogens (tertiary/aromatic N) is 1. The average molecular weight is 320 g/mol. The Morgan fingerprint density at radius 1 is 1.39 bits per heavy atom. The highest BCUT2D eigenvalue weighted by Crippen LogP contribution is 2.17. The molecule has 1 aromatic rings. The Morgan fingerprint density at radius 3 is 2.50 bits per heavy atom. The number of alkyl halides is 1. The summed E-state index contributed by atoms with van der Waals surface area (Å²) < 4.78 is 26.2. The number of benzene rings is 1. The van der Waals surface area contributed by atoms with E-state index in [-0.39, 0.29) is 23.2 Å². The third kappa shape index (κ3) is 3.77. The largest absolute Gasteiger partial charge is 0.340 e. The normalized spacial score (nSPS) is 12.6. The van der Waals surface area contributed by atoms with Crippen molar-refractivity contribution in [2.45, 2.75) is 25.2 Å². The molecule has 1 atom stereocenters. The minimum atomic E-state index is -0.634. The van der Waals surface area contributed by atoms with E-state index in [0.717, 1.165) is 6.07 Å². The van der Waals surface area contributed by atoms with Gasteiger partial charge in [-0.25, -0.2) is 8.78 Å². The van der Waals surface area contributed by atoms with E-state index in [1.54, 1.807) is 7.05 Å². The van der Waals surface area contributed by atoms with E-state index < -0.39 is 11.6 Å². The molecule has 1 rings (SSSR count). The van der Waals surface area contributed by atoms with Crippen molar-refractivity contribution in [3.05, 3.63) is 35.4 Å². The number of carbonyl (C=O) groups excluding carboxylic acids is 1. The molecule has 1 unspecified atom stereocenters. The number of hydrogen-bond acceptors (Lipinski definition) is 1. The smallest absolute Gasteiger partial charge is 0.236 e. The maximum atomic E-state index is 13.4. The Bertz CT molecular complexity index is 437. The maximum absolute atomic E-state index is 13.4. The highest BCUT2D eigenvalue weighted by molar-refractivity contribution is 9.10. The molecule has 0 aliphatic carbocycles. The lowest BCUT2D eigenvalue weighted by molar-refractivity contribution is -0.130. The Kier molecular flexibility index (Phi) is 5.26. The van der Waals surface area contributed by atoms with Crippen LogP contribution in [-0.2, 0) is 11.3 Å². The summed E-state index contributed by atoms with van der Waals surface area (Å²) in [5.74, 6) is -1.22. The topological polar surface area (TPSA) is 20.3 Å². The molecule has 2 nitrogen and oxygen atoms in total. The Morgan fingerprint density at radius 2 is 2.00 bits per heavy atom. The fourth-order valence-electron chi connectivity index (χ4n) is 1.48. The molecular weight excluding hydrogens is 304 g/mol. The summed E-state index contributed by atoms with van der Waals surface area (Å²) in [7, 11) is 1.60. The molecular formula is C13H16BrF2NO. The molecule has 0 saturated carbocycles. The molecule has 0 aliphatic rings. The monoisotopic (exact) mass is 319 g/mol. The molecule has 0 radical (unpaired) electrons. The van der Waals surface area contributed by atoms with Gasteiger partial charge in [-0.1, -0.05) is 35.8 Å². The predicted molar refractivity (Wildman–Crippen MR) is 70.4 cm³/mol. The summed E-state index contributed by atoms with van der Waals surface area (Å²) in [4.78, 5) is 13.1. The second kappa shape index (κ2) is 6.27. The first-order chi connectivity index (χ1) is 8.32. The van der Waals surface area contributed by atoms with Crippen molar-refractivity contribution in [3.63, 3.8) is 0 Å². The Hall–Kier alpha value is -0.970. The number of amides is 1. The van der Waals surface area contributed by atoms with Gasteiger partial charge in [-0.05, 0) is 12.0 Å². The molecule has 0 N–H and O–H groups in total. The van der Waals surface area contributed by atoms with E-state index in [9.17, 15) is 13.6 Å². The molecule has 1 amide bonds. The van der Waals surface area contributed by atoms with Crippen LogP contribution in [0.2, 0.25) is 0 Å². The Balaban J connectivity index is 2.75. The van der Waals surface area contributed by atoms with Gasteiger partial charge in [0.25, 0.3) is 0 Å². The summed E-state index contributed by atoms with van der Waals surface area (Å²) in [6.45, 7) is 3.97. The third-order valence-electron chi connectivity index (χ3n) is 2.62. The predicted octanol–water partition coefficient (Wildman–Crippen LogP) is 3.34. The van der Waals surface area contributed by atoms with Crippen LogP contribution in [-0.4, -0.2) is 22.7 Å². The summed E-state index contributed by atoms with van der Waals surface area (Å²) in [5.41, 5.74) is 0.302. The van der Waals surface area contributed by atoms with Crippen molar-refractivity contribution < 1.29 is 13.6 Å². The van der Waals surface area contributed by atoms with Crippen LogP contribution in [0, 0.1) is 17.6 Å². The van der Waals surface area contributed by atoms with Crippen molar-refractivity contribution in [2.24, 2.45) is 5.92 Å². The van der Waals surface area contributed by atoms with Crippen LogP contribution >= 0.6 is 15.9 Å². The van der Waals surface area contributed by atoms with Gasteiger partial charge in [0, 0.05) is 25.2 Å². The van der Waals surface area contributed by atoms with Crippen LogP contribution in [0.4, 0.5) is 8.78 Å². The van der Waals surface area contributed by atoms with Crippen LogP contribution in [0.3, 0.4) is 0 Å². The quantitative estimate of drug-likeness (QED) is 0.779. The molecule has 0 aliphatic heterocycles. The van der Waals surface area contributed by atoms with Crippen LogP contribution in [0.5, 0.6) is 0 Å². The lowest BCUT2D eigenvalue weighted by Crippen LogP contribution is -2.35. The highest BCUT2D eigenvalue weighted by Gasteiger charge is 2.22. The van der Waals surface area contributed by atoms with E-state index in [4.69, 9.17) is 0 Å². The molecule has 0 spiro atoms. The fraction of sp³-hybridized carbons (Fsp3) is 0.462. The zero-order valence-electron chi connectivity index (χ0n) is 10.6. The number of carbonyl (C=O) groups is 1. The molecule has 5 heteroatoms. The van der Waals surface area contributed by atoms with Crippen molar-refractivity contribution in [3.8, 4) is 0 Å². The second-order valence-corrected chi connectivity index (χ2v) is 5.56. The van der Waals surface area contributed by atoms with Crippen molar-refractivity contribution in [1.82, 2.24) is 4.90 Å². The molecule has 0 bridgehead atoms. The van der Waals surface area contributed by atoms with Crippen LogP contribution in [0.1, 0.15) is 19.4 Å². The Labute approximate surface area is 114 Å². The number of hydrogen-bond donors (Lipinski definition) is 0. The first-order valence-corrected chi connectivity index (χ1v) is 6.57. The van der Waals surface area contributed by atoms with Gasteiger partial charge >= 0.3 is 0 Å². The van der Waals surface area contributed by atoms with Crippen molar-refractivity contribution in [1.29, 1.82) is 0 Å². The van der Waals surface area contributed by atoms with Crippen molar-refractivity contribution in [2.75, 3.05) is 7.05 Å².